The Kier molecular flexibility index (Phi) is 6.34. The Labute approximate surface area is 183 Å². The largest absolute Gasteiger partial charge is 0.508 e. The lowest BCUT2D eigenvalue weighted by Crippen LogP contribution is -2.46. The van der Waals surface area contributed by atoms with E-state index in [-0.39, 0.29) is 23.9 Å². The molecule has 1 unspecified atom stereocenters. The van der Waals surface area contributed by atoms with Crippen molar-refractivity contribution in [1.82, 2.24) is 4.31 Å². The van der Waals surface area contributed by atoms with Gasteiger partial charge in [0.2, 0.25) is 10.0 Å². The Hall–Kier alpha value is -2.58. The fourth-order valence-corrected chi connectivity index (χ4v) is 5.85. The van der Waals surface area contributed by atoms with Gasteiger partial charge in [0.05, 0.1) is 11.5 Å². The fourth-order valence-electron chi connectivity index (χ4n) is 3.99. The number of phenols is 1. The summed E-state index contributed by atoms with van der Waals surface area (Å²) >= 11 is 0. The maximum Gasteiger partial charge on any atom is 0.344 e. The lowest BCUT2D eigenvalue weighted by molar-refractivity contribution is -0.145. The van der Waals surface area contributed by atoms with E-state index >= 15 is 0 Å². The highest BCUT2D eigenvalue weighted by Crippen LogP contribution is 2.43. The van der Waals surface area contributed by atoms with E-state index in [4.69, 9.17) is 9.47 Å². The second-order valence-corrected chi connectivity index (χ2v) is 10.3. The summed E-state index contributed by atoms with van der Waals surface area (Å²) in [6, 6.07) is 9.30. The molecule has 0 amide bonds. The molecule has 0 saturated heterocycles. The van der Waals surface area contributed by atoms with Crippen molar-refractivity contribution in [2.24, 2.45) is 0 Å². The highest BCUT2D eigenvalue weighted by molar-refractivity contribution is 7.89. The van der Waals surface area contributed by atoms with Gasteiger partial charge in [-0.3, -0.25) is 0 Å². The molecule has 3 rings (SSSR count). The van der Waals surface area contributed by atoms with Gasteiger partial charge in [0, 0.05) is 18.0 Å². The Balaban J connectivity index is 1.91. The first-order chi connectivity index (χ1) is 14.5. The number of aromatic hydroxyl groups is 1. The maximum atomic E-state index is 13.5. The quantitative estimate of drug-likeness (QED) is 0.679. The highest BCUT2D eigenvalue weighted by atomic mass is 32.2. The maximum absolute atomic E-state index is 13.5. The van der Waals surface area contributed by atoms with Crippen LogP contribution in [0.5, 0.6) is 11.5 Å². The van der Waals surface area contributed by atoms with Crippen LogP contribution in [0.2, 0.25) is 0 Å². The molecule has 1 N–H and O–H groups in total. The molecule has 0 aromatic heterocycles. The Bertz CT molecular complexity index is 1090. The second-order valence-electron chi connectivity index (χ2n) is 8.40. The number of rotatable bonds is 6. The Morgan fingerprint density at radius 2 is 1.94 bits per heavy atom. The molecule has 1 aliphatic heterocycles. The van der Waals surface area contributed by atoms with Crippen molar-refractivity contribution in [2.75, 3.05) is 19.8 Å². The number of fused-ring (bicyclic) bond motifs is 1. The van der Waals surface area contributed by atoms with Crippen LogP contribution in [0.25, 0.3) is 0 Å². The molecular weight excluding hydrogens is 418 g/mol. The van der Waals surface area contributed by atoms with Crippen LogP contribution >= 0.6 is 0 Å². The van der Waals surface area contributed by atoms with Crippen LogP contribution in [0.1, 0.15) is 50.4 Å². The average molecular weight is 448 g/mol. The molecule has 0 bridgehead atoms. The number of benzene rings is 2. The summed E-state index contributed by atoms with van der Waals surface area (Å²) < 4.78 is 38.9. The van der Waals surface area contributed by atoms with Gasteiger partial charge in [0.25, 0.3) is 0 Å². The standard InChI is InChI=1S/C23H29NO6S/c1-6-29-22(26)13-30-21-10-8-18(11-15(21)2)31(27,28)24-14-23(4,5)20-9-7-17(25)12-19(20)16(24)3/h7-12,16,25H,6,13-14H2,1-5H3. The number of esters is 1. The molecule has 1 heterocycles. The molecular formula is C23H29NO6S. The average Bonchev–Trinajstić information content (AvgIpc) is 2.69. The number of ether oxygens (including phenoxy) is 2. The van der Waals surface area contributed by atoms with Crippen molar-refractivity contribution in [3.63, 3.8) is 0 Å². The third-order valence-corrected chi connectivity index (χ3v) is 7.51. The van der Waals surface area contributed by atoms with Gasteiger partial charge in [-0.05, 0) is 67.8 Å². The molecule has 1 atom stereocenters. The molecule has 168 valence electrons. The number of carbonyl (C=O) groups is 1. The summed E-state index contributed by atoms with van der Waals surface area (Å²) in [5.74, 6) is 0.0544. The number of aryl methyl sites for hydroxylation is 1. The Morgan fingerprint density at radius 1 is 1.23 bits per heavy atom. The lowest BCUT2D eigenvalue weighted by Gasteiger charge is -2.43. The zero-order valence-corrected chi connectivity index (χ0v) is 19.3. The van der Waals surface area contributed by atoms with Crippen molar-refractivity contribution < 1.29 is 27.8 Å². The fraction of sp³-hybridized carbons (Fsp3) is 0.435. The van der Waals surface area contributed by atoms with E-state index < -0.39 is 27.4 Å². The number of phenolic OH excluding ortho intramolecular Hbond substituents is 1. The monoisotopic (exact) mass is 447 g/mol. The minimum atomic E-state index is -3.81. The zero-order chi connectivity index (χ0) is 23.0. The molecule has 2 aromatic rings. The van der Waals surface area contributed by atoms with Gasteiger partial charge in [-0.25, -0.2) is 13.2 Å². The topological polar surface area (TPSA) is 93.1 Å². The molecule has 0 saturated carbocycles. The summed E-state index contributed by atoms with van der Waals surface area (Å²) in [4.78, 5) is 11.7. The molecule has 1 aliphatic rings. The molecule has 0 aliphatic carbocycles. The zero-order valence-electron chi connectivity index (χ0n) is 18.5. The molecule has 2 aromatic carbocycles. The number of sulfonamides is 1. The van der Waals surface area contributed by atoms with Crippen LogP contribution in [0.3, 0.4) is 0 Å². The van der Waals surface area contributed by atoms with Crippen molar-refractivity contribution >= 4 is 16.0 Å². The van der Waals surface area contributed by atoms with Gasteiger partial charge in [-0.2, -0.15) is 4.31 Å². The molecule has 8 heteroatoms. The summed E-state index contributed by atoms with van der Waals surface area (Å²) in [5, 5.41) is 9.96. The normalized spacial score (nSPS) is 18.3. The van der Waals surface area contributed by atoms with E-state index in [1.165, 1.54) is 10.4 Å². The predicted molar refractivity (Wildman–Crippen MR) is 117 cm³/mol. The van der Waals surface area contributed by atoms with E-state index in [1.807, 2.05) is 26.8 Å². The van der Waals surface area contributed by atoms with E-state index in [0.717, 1.165) is 11.1 Å². The number of carbonyl (C=O) groups excluding carboxylic acids is 1. The van der Waals surface area contributed by atoms with E-state index in [9.17, 15) is 18.3 Å². The first kappa shape index (κ1) is 23.1. The smallest absolute Gasteiger partial charge is 0.344 e. The third kappa shape index (κ3) is 4.55. The molecule has 7 nitrogen and oxygen atoms in total. The Morgan fingerprint density at radius 3 is 2.58 bits per heavy atom. The third-order valence-electron chi connectivity index (χ3n) is 5.60. The summed E-state index contributed by atoms with van der Waals surface area (Å²) in [5.41, 5.74) is 2.02. The molecule has 0 fully saturated rings. The van der Waals surface area contributed by atoms with E-state index in [1.54, 1.807) is 38.1 Å². The molecule has 0 radical (unpaired) electrons. The van der Waals surface area contributed by atoms with Crippen LogP contribution in [0.15, 0.2) is 41.3 Å². The molecule has 31 heavy (non-hydrogen) atoms. The minimum Gasteiger partial charge on any atom is -0.508 e. The van der Waals surface area contributed by atoms with Crippen LogP contribution < -0.4 is 4.74 Å². The van der Waals surface area contributed by atoms with Gasteiger partial charge in [0.1, 0.15) is 11.5 Å². The minimum absolute atomic E-state index is 0.111. The SMILES string of the molecule is CCOC(=O)COc1ccc(S(=O)(=O)N2CC(C)(C)c3ccc(O)cc3C2C)cc1C. The van der Waals surface area contributed by atoms with Crippen LogP contribution in [-0.2, 0) is 25.0 Å². The van der Waals surface area contributed by atoms with Crippen LogP contribution in [0, 0.1) is 6.92 Å². The molecule has 0 spiro atoms. The van der Waals surface area contributed by atoms with Gasteiger partial charge in [-0.15, -0.1) is 0 Å². The van der Waals surface area contributed by atoms with E-state index in [0.29, 0.717) is 17.9 Å². The summed E-state index contributed by atoms with van der Waals surface area (Å²) in [6.07, 6.45) is 0. The van der Waals surface area contributed by atoms with Crippen LogP contribution in [-0.4, -0.2) is 43.6 Å². The van der Waals surface area contributed by atoms with Gasteiger partial charge >= 0.3 is 5.97 Å². The van der Waals surface area contributed by atoms with E-state index in [2.05, 4.69) is 0 Å². The van der Waals surface area contributed by atoms with Gasteiger partial charge in [0.15, 0.2) is 6.61 Å². The number of hydrogen-bond donors (Lipinski definition) is 1. The highest BCUT2D eigenvalue weighted by Gasteiger charge is 2.42. The van der Waals surface area contributed by atoms with Gasteiger partial charge < -0.3 is 14.6 Å². The van der Waals surface area contributed by atoms with Crippen LogP contribution in [0.4, 0.5) is 0 Å². The predicted octanol–water partition coefficient (Wildman–Crippen LogP) is 3.69. The van der Waals surface area contributed by atoms with Crippen molar-refractivity contribution in [3.05, 3.63) is 53.1 Å². The van der Waals surface area contributed by atoms with Crippen molar-refractivity contribution in [3.8, 4) is 11.5 Å². The first-order valence-corrected chi connectivity index (χ1v) is 11.7. The number of hydrogen-bond acceptors (Lipinski definition) is 6. The summed E-state index contributed by atoms with van der Waals surface area (Å²) in [6.45, 7) is 9.61. The summed E-state index contributed by atoms with van der Waals surface area (Å²) in [7, 11) is -3.81. The lowest BCUT2D eigenvalue weighted by atomic mass is 9.77. The second kappa shape index (κ2) is 8.51. The number of nitrogens with zero attached hydrogens (tertiary/aromatic N) is 1. The van der Waals surface area contributed by atoms with Gasteiger partial charge in [-0.1, -0.05) is 19.9 Å². The van der Waals surface area contributed by atoms with Crippen molar-refractivity contribution in [2.45, 2.75) is 51.0 Å². The van der Waals surface area contributed by atoms with Crippen molar-refractivity contribution in [1.29, 1.82) is 0 Å². The first-order valence-electron chi connectivity index (χ1n) is 10.2.